The van der Waals surface area contributed by atoms with Crippen molar-refractivity contribution in [1.82, 2.24) is 4.90 Å². The minimum absolute atomic E-state index is 0.340. The Morgan fingerprint density at radius 2 is 1.96 bits per heavy atom. The van der Waals surface area contributed by atoms with Crippen LogP contribution in [-0.2, 0) is 17.7 Å². The minimum atomic E-state index is -0.541. The maximum absolute atomic E-state index is 12.3. The number of carbonyl (C=O) groups is 1. The molecule has 0 radical (unpaired) electrons. The lowest BCUT2D eigenvalue weighted by molar-refractivity contribution is 0.0226. The van der Waals surface area contributed by atoms with Crippen molar-refractivity contribution in [1.29, 1.82) is 10.5 Å². The molecular weight excluding hydrogens is 372 g/mol. The molecule has 2 aromatic rings. The van der Waals surface area contributed by atoms with E-state index < -0.39 is 5.60 Å². The Bertz CT molecular complexity index is 1000. The van der Waals surface area contributed by atoms with Crippen LogP contribution in [0.15, 0.2) is 29.3 Å². The van der Waals surface area contributed by atoms with Gasteiger partial charge in [-0.25, -0.2) is 9.79 Å². The summed E-state index contributed by atoms with van der Waals surface area (Å²) in [6, 6.07) is 11.4. The van der Waals surface area contributed by atoms with E-state index in [-0.39, 0.29) is 6.09 Å². The van der Waals surface area contributed by atoms with Crippen LogP contribution >= 0.6 is 11.3 Å². The number of nitriles is 2. The number of carbonyl (C=O) groups excluding carboxylic acids is 1. The molecule has 0 unspecified atom stereocenters. The Morgan fingerprint density at radius 3 is 2.57 bits per heavy atom. The van der Waals surface area contributed by atoms with Gasteiger partial charge in [0.1, 0.15) is 16.7 Å². The summed E-state index contributed by atoms with van der Waals surface area (Å²) in [6.07, 6.45) is 1.96. The quantitative estimate of drug-likeness (QED) is 0.702. The van der Waals surface area contributed by atoms with Gasteiger partial charge < -0.3 is 9.64 Å². The van der Waals surface area contributed by atoms with Gasteiger partial charge in [-0.3, -0.25) is 0 Å². The zero-order valence-corrected chi connectivity index (χ0v) is 16.8. The Labute approximate surface area is 168 Å². The highest BCUT2D eigenvalue weighted by Gasteiger charge is 2.29. The van der Waals surface area contributed by atoms with E-state index in [1.54, 1.807) is 23.2 Å². The Morgan fingerprint density at radius 1 is 1.25 bits per heavy atom. The normalized spacial score (nSPS) is 13.7. The van der Waals surface area contributed by atoms with E-state index in [9.17, 15) is 10.1 Å². The van der Waals surface area contributed by atoms with Gasteiger partial charge in [-0.2, -0.15) is 10.5 Å². The van der Waals surface area contributed by atoms with Gasteiger partial charge >= 0.3 is 6.09 Å². The van der Waals surface area contributed by atoms with Crippen molar-refractivity contribution in [2.24, 2.45) is 4.99 Å². The number of rotatable bonds is 2. The van der Waals surface area contributed by atoms with E-state index in [2.05, 4.69) is 17.1 Å². The molecule has 6 nitrogen and oxygen atoms in total. The first-order valence-electron chi connectivity index (χ1n) is 8.87. The highest BCUT2D eigenvalue weighted by atomic mass is 32.1. The fraction of sp³-hybridized carbons (Fsp3) is 0.333. The van der Waals surface area contributed by atoms with Crippen LogP contribution < -0.4 is 0 Å². The van der Waals surface area contributed by atoms with Crippen LogP contribution in [0.3, 0.4) is 0 Å². The predicted octanol–water partition coefficient (Wildman–Crippen LogP) is 4.54. The zero-order valence-electron chi connectivity index (χ0n) is 16.0. The summed E-state index contributed by atoms with van der Waals surface area (Å²) in [7, 11) is 0. The molecule has 1 aromatic carbocycles. The average molecular weight is 392 g/mol. The van der Waals surface area contributed by atoms with Crippen molar-refractivity contribution in [3.63, 3.8) is 0 Å². The SMILES string of the molecule is CC(C)(C)OC(=O)N1CCc2c(sc(N=Cc3ccc(C#N)cc3)c2C#N)C1. The van der Waals surface area contributed by atoms with E-state index in [1.807, 2.05) is 32.9 Å². The summed E-state index contributed by atoms with van der Waals surface area (Å²) in [5.41, 5.74) is 2.45. The third kappa shape index (κ3) is 4.39. The molecule has 1 aromatic heterocycles. The summed E-state index contributed by atoms with van der Waals surface area (Å²) in [4.78, 5) is 19.5. The standard InChI is InChI=1S/C21H20N4O2S/c1-21(2,3)27-20(26)25-9-8-16-17(11-23)19(28-18(16)13-25)24-12-15-6-4-14(10-22)5-7-15/h4-7,12H,8-9,13H2,1-3H3. The van der Waals surface area contributed by atoms with Gasteiger partial charge in [-0.05, 0) is 50.5 Å². The molecule has 1 aliphatic heterocycles. The molecule has 28 heavy (non-hydrogen) atoms. The lowest BCUT2D eigenvalue weighted by Crippen LogP contribution is -2.39. The maximum atomic E-state index is 12.3. The molecule has 1 aliphatic rings. The maximum Gasteiger partial charge on any atom is 0.410 e. The molecule has 0 fully saturated rings. The van der Waals surface area contributed by atoms with Crippen LogP contribution in [0.5, 0.6) is 0 Å². The first kappa shape index (κ1) is 19.6. The van der Waals surface area contributed by atoms with Crippen LogP contribution in [-0.4, -0.2) is 29.4 Å². The third-order valence-electron chi connectivity index (χ3n) is 4.17. The Balaban J connectivity index is 1.81. The summed E-state index contributed by atoms with van der Waals surface area (Å²) in [5.74, 6) is 0. The summed E-state index contributed by atoms with van der Waals surface area (Å²) >= 11 is 1.43. The molecule has 0 bridgehead atoms. The Kier molecular flexibility index (Phi) is 5.48. The number of aliphatic imine (C=N–C) groups is 1. The van der Waals surface area contributed by atoms with Gasteiger partial charge in [0.15, 0.2) is 0 Å². The predicted molar refractivity (Wildman–Crippen MR) is 108 cm³/mol. The smallest absolute Gasteiger partial charge is 0.410 e. The van der Waals surface area contributed by atoms with Gasteiger partial charge in [0.05, 0.1) is 23.7 Å². The second-order valence-electron chi connectivity index (χ2n) is 7.44. The number of amides is 1. The molecule has 2 heterocycles. The van der Waals surface area contributed by atoms with Crippen LogP contribution in [0.4, 0.5) is 9.80 Å². The van der Waals surface area contributed by atoms with E-state index in [4.69, 9.17) is 10.00 Å². The van der Waals surface area contributed by atoms with E-state index in [1.165, 1.54) is 11.3 Å². The van der Waals surface area contributed by atoms with Crippen molar-refractivity contribution >= 4 is 28.6 Å². The minimum Gasteiger partial charge on any atom is -0.444 e. The van der Waals surface area contributed by atoms with Crippen molar-refractivity contribution in [2.45, 2.75) is 39.3 Å². The highest BCUT2D eigenvalue weighted by Crippen LogP contribution is 2.38. The van der Waals surface area contributed by atoms with Gasteiger partial charge in [0, 0.05) is 17.6 Å². The van der Waals surface area contributed by atoms with Crippen molar-refractivity contribution in [2.75, 3.05) is 6.54 Å². The number of thiophene rings is 1. The van der Waals surface area contributed by atoms with E-state index in [0.717, 1.165) is 16.0 Å². The average Bonchev–Trinajstić information content (AvgIpc) is 3.02. The van der Waals surface area contributed by atoms with E-state index in [0.29, 0.717) is 35.6 Å². The number of nitrogens with zero attached hydrogens (tertiary/aromatic N) is 4. The van der Waals surface area contributed by atoms with Gasteiger partial charge in [-0.15, -0.1) is 11.3 Å². The number of ether oxygens (including phenoxy) is 1. The summed E-state index contributed by atoms with van der Waals surface area (Å²) < 4.78 is 5.45. The fourth-order valence-electron chi connectivity index (χ4n) is 2.85. The molecule has 0 saturated heterocycles. The summed E-state index contributed by atoms with van der Waals surface area (Å²) in [5, 5.41) is 19.1. The largest absolute Gasteiger partial charge is 0.444 e. The fourth-order valence-corrected chi connectivity index (χ4v) is 4.01. The number of fused-ring (bicyclic) bond motifs is 1. The molecule has 1 amide bonds. The Hall–Kier alpha value is -3.16. The van der Waals surface area contributed by atoms with Crippen LogP contribution in [0.2, 0.25) is 0 Å². The molecule has 0 spiro atoms. The van der Waals surface area contributed by atoms with Crippen LogP contribution in [0.1, 0.15) is 47.9 Å². The monoisotopic (exact) mass is 392 g/mol. The zero-order chi connectivity index (χ0) is 20.3. The van der Waals surface area contributed by atoms with Gasteiger partial charge in [0.2, 0.25) is 0 Å². The second kappa shape index (κ2) is 7.84. The first-order chi connectivity index (χ1) is 13.3. The number of hydrogen-bond donors (Lipinski definition) is 0. The van der Waals surface area contributed by atoms with Crippen molar-refractivity contribution in [3.05, 3.63) is 51.4 Å². The lowest BCUT2D eigenvalue weighted by atomic mass is 10.0. The van der Waals surface area contributed by atoms with Crippen molar-refractivity contribution in [3.8, 4) is 12.1 Å². The number of benzene rings is 1. The molecule has 0 saturated carbocycles. The molecular formula is C21H20N4O2S. The van der Waals surface area contributed by atoms with E-state index >= 15 is 0 Å². The molecule has 0 N–H and O–H groups in total. The first-order valence-corrected chi connectivity index (χ1v) is 9.69. The summed E-state index contributed by atoms with van der Waals surface area (Å²) in [6.45, 7) is 6.47. The second-order valence-corrected chi connectivity index (χ2v) is 8.52. The third-order valence-corrected chi connectivity index (χ3v) is 5.30. The molecule has 142 valence electrons. The van der Waals surface area contributed by atoms with Crippen LogP contribution in [0.25, 0.3) is 0 Å². The topological polar surface area (TPSA) is 89.5 Å². The van der Waals surface area contributed by atoms with Gasteiger partial charge in [-0.1, -0.05) is 12.1 Å². The lowest BCUT2D eigenvalue weighted by Gasteiger charge is -2.29. The molecule has 0 aliphatic carbocycles. The highest BCUT2D eigenvalue weighted by molar-refractivity contribution is 7.16. The molecule has 3 rings (SSSR count). The van der Waals surface area contributed by atoms with Gasteiger partial charge in [0.25, 0.3) is 0 Å². The molecule has 0 atom stereocenters. The van der Waals surface area contributed by atoms with Crippen molar-refractivity contribution < 1.29 is 9.53 Å². The molecule has 7 heteroatoms. The van der Waals surface area contributed by atoms with Crippen LogP contribution in [0, 0.1) is 22.7 Å². The number of hydrogen-bond acceptors (Lipinski definition) is 6.